The van der Waals surface area contributed by atoms with Crippen molar-refractivity contribution in [3.05, 3.63) is 80.7 Å². The quantitative estimate of drug-likeness (QED) is 0.644. The molecular weight excluding hydrogens is 400 g/mol. The van der Waals surface area contributed by atoms with Crippen LogP contribution in [0, 0.1) is 6.92 Å². The second-order valence-electron chi connectivity index (χ2n) is 7.85. The number of benzene rings is 2. The highest BCUT2D eigenvalue weighted by atomic mass is 35.5. The molecule has 1 atom stereocenters. The minimum atomic E-state index is -0.383. The zero-order chi connectivity index (χ0) is 21.1. The molecular formula is C24H25ClN2O3. The third-order valence-corrected chi connectivity index (χ3v) is 5.90. The molecule has 2 aromatic carbocycles. The first-order chi connectivity index (χ1) is 14.5. The van der Waals surface area contributed by atoms with Gasteiger partial charge in [-0.05, 0) is 68.2 Å². The number of halogens is 1. The van der Waals surface area contributed by atoms with Gasteiger partial charge in [-0.1, -0.05) is 36.2 Å². The molecule has 0 bridgehead atoms. The molecule has 3 aromatic rings. The summed E-state index contributed by atoms with van der Waals surface area (Å²) in [5, 5.41) is 4.13. The summed E-state index contributed by atoms with van der Waals surface area (Å²) in [6.45, 7) is 4.33. The highest BCUT2D eigenvalue weighted by molar-refractivity contribution is 6.30. The molecule has 0 spiro atoms. The van der Waals surface area contributed by atoms with Crippen LogP contribution in [-0.2, 0) is 0 Å². The van der Waals surface area contributed by atoms with Crippen LogP contribution in [0.5, 0.6) is 0 Å². The summed E-state index contributed by atoms with van der Waals surface area (Å²) < 4.78 is 5.74. The Kier molecular flexibility index (Phi) is 6.21. The third kappa shape index (κ3) is 4.58. The first kappa shape index (κ1) is 20.6. The number of carbonyl (C=O) groups is 1. The van der Waals surface area contributed by atoms with Gasteiger partial charge in [-0.3, -0.25) is 14.5 Å². The Bertz CT molecular complexity index is 1100. The zero-order valence-corrected chi connectivity index (χ0v) is 17.7. The molecule has 156 valence electrons. The SMILES string of the molecule is Cc1ccc2c(=O)cc(C(=O)NC[C@@H](c3ccc(Cl)cc3)N3CCCCC3)oc2c1. The summed E-state index contributed by atoms with van der Waals surface area (Å²) >= 11 is 6.06. The van der Waals surface area contributed by atoms with E-state index in [-0.39, 0.29) is 23.1 Å². The van der Waals surface area contributed by atoms with E-state index in [1.807, 2.05) is 37.3 Å². The van der Waals surface area contributed by atoms with Crippen molar-refractivity contribution in [2.75, 3.05) is 19.6 Å². The van der Waals surface area contributed by atoms with Crippen LogP contribution in [0.15, 0.2) is 57.7 Å². The fourth-order valence-corrected chi connectivity index (χ4v) is 4.15. The molecule has 1 aliphatic rings. The maximum absolute atomic E-state index is 12.8. The smallest absolute Gasteiger partial charge is 0.287 e. The summed E-state index contributed by atoms with van der Waals surface area (Å²) in [4.78, 5) is 27.6. The van der Waals surface area contributed by atoms with E-state index in [0.29, 0.717) is 22.5 Å². The maximum atomic E-state index is 12.8. The van der Waals surface area contributed by atoms with Gasteiger partial charge >= 0.3 is 0 Å². The van der Waals surface area contributed by atoms with E-state index in [1.165, 1.54) is 12.5 Å². The summed E-state index contributed by atoms with van der Waals surface area (Å²) in [5.41, 5.74) is 2.29. The van der Waals surface area contributed by atoms with Crippen molar-refractivity contribution in [1.82, 2.24) is 10.2 Å². The Morgan fingerprint density at radius 3 is 2.57 bits per heavy atom. The maximum Gasteiger partial charge on any atom is 0.287 e. The van der Waals surface area contributed by atoms with Crippen molar-refractivity contribution < 1.29 is 9.21 Å². The molecule has 2 heterocycles. The van der Waals surface area contributed by atoms with Crippen molar-refractivity contribution in [3.8, 4) is 0 Å². The van der Waals surface area contributed by atoms with Gasteiger partial charge in [0, 0.05) is 17.6 Å². The summed E-state index contributed by atoms with van der Waals surface area (Å²) in [5.74, 6) is -0.349. The van der Waals surface area contributed by atoms with Gasteiger partial charge in [-0.25, -0.2) is 0 Å². The lowest BCUT2D eigenvalue weighted by atomic mass is 10.0. The number of nitrogens with one attached hydrogen (secondary N) is 1. The average molecular weight is 425 g/mol. The second kappa shape index (κ2) is 9.02. The zero-order valence-electron chi connectivity index (χ0n) is 17.0. The highest BCUT2D eigenvalue weighted by Crippen LogP contribution is 2.25. The molecule has 0 unspecified atom stereocenters. The number of aryl methyl sites for hydroxylation is 1. The fourth-order valence-electron chi connectivity index (χ4n) is 4.02. The van der Waals surface area contributed by atoms with Crippen molar-refractivity contribution in [2.45, 2.75) is 32.2 Å². The van der Waals surface area contributed by atoms with E-state index in [9.17, 15) is 9.59 Å². The summed E-state index contributed by atoms with van der Waals surface area (Å²) in [6, 6.07) is 14.4. The van der Waals surface area contributed by atoms with Crippen molar-refractivity contribution in [2.24, 2.45) is 0 Å². The van der Waals surface area contributed by atoms with Crippen LogP contribution in [-0.4, -0.2) is 30.4 Å². The van der Waals surface area contributed by atoms with Crippen molar-refractivity contribution in [3.63, 3.8) is 0 Å². The standard InChI is InChI=1S/C24H25ClN2O3/c1-16-5-10-19-21(28)14-23(30-22(19)13-16)24(29)26-15-20(27-11-3-2-4-12-27)17-6-8-18(25)9-7-17/h5-10,13-14,20H,2-4,11-12,15H2,1H3,(H,26,29)/t20-/m0/s1. The number of nitrogens with zero attached hydrogens (tertiary/aromatic N) is 1. The molecule has 30 heavy (non-hydrogen) atoms. The Morgan fingerprint density at radius 1 is 1.10 bits per heavy atom. The lowest BCUT2D eigenvalue weighted by molar-refractivity contribution is 0.0897. The number of amides is 1. The second-order valence-corrected chi connectivity index (χ2v) is 8.28. The molecule has 1 fully saturated rings. The van der Waals surface area contributed by atoms with Crippen LogP contribution in [0.1, 0.15) is 47.0 Å². The predicted molar refractivity (Wildman–Crippen MR) is 119 cm³/mol. The molecule has 6 heteroatoms. The van der Waals surface area contributed by atoms with Gasteiger partial charge in [0.15, 0.2) is 11.2 Å². The molecule has 1 aliphatic heterocycles. The lowest BCUT2D eigenvalue weighted by Gasteiger charge is -2.35. The first-order valence-electron chi connectivity index (χ1n) is 10.3. The van der Waals surface area contributed by atoms with Crippen LogP contribution in [0.3, 0.4) is 0 Å². The molecule has 0 saturated carbocycles. The van der Waals surface area contributed by atoms with E-state index in [2.05, 4.69) is 10.2 Å². The summed E-state index contributed by atoms with van der Waals surface area (Å²) in [7, 11) is 0. The van der Waals surface area contributed by atoms with Crippen molar-refractivity contribution >= 4 is 28.5 Å². The van der Waals surface area contributed by atoms with E-state index < -0.39 is 0 Å². The Hall–Kier alpha value is -2.63. The molecule has 1 amide bonds. The topological polar surface area (TPSA) is 62.6 Å². The fraction of sp³-hybridized carbons (Fsp3) is 0.333. The van der Waals surface area contributed by atoms with E-state index in [1.54, 1.807) is 12.1 Å². The van der Waals surface area contributed by atoms with E-state index in [0.717, 1.165) is 37.1 Å². The van der Waals surface area contributed by atoms with Crippen LogP contribution < -0.4 is 10.7 Å². The largest absolute Gasteiger partial charge is 0.451 e. The van der Waals surface area contributed by atoms with Gasteiger partial charge in [0.05, 0.1) is 11.4 Å². The molecule has 0 radical (unpaired) electrons. The first-order valence-corrected chi connectivity index (χ1v) is 10.7. The van der Waals surface area contributed by atoms with Crippen LogP contribution in [0.4, 0.5) is 0 Å². The lowest BCUT2D eigenvalue weighted by Crippen LogP contribution is -2.40. The van der Waals surface area contributed by atoms with Gasteiger partial charge in [-0.15, -0.1) is 0 Å². The Morgan fingerprint density at radius 2 is 1.83 bits per heavy atom. The third-order valence-electron chi connectivity index (χ3n) is 5.65. The van der Waals surface area contributed by atoms with Gasteiger partial charge < -0.3 is 9.73 Å². The molecule has 4 rings (SSSR count). The average Bonchev–Trinajstić information content (AvgIpc) is 2.75. The summed E-state index contributed by atoms with van der Waals surface area (Å²) in [6.07, 6.45) is 3.53. The van der Waals surface area contributed by atoms with Gasteiger partial charge in [-0.2, -0.15) is 0 Å². The Balaban J connectivity index is 1.55. The van der Waals surface area contributed by atoms with Gasteiger partial charge in [0.2, 0.25) is 0 Å². The minimum Gasteiger partial charge on any atom is -0.451 e. The molecule has 1 aromatic heterocycles. The van der Waals surface area contributed by atoms with E-state index in [4.69, 9.17) is 16.0 Å². The number of fused-ring (bicyclic) bond motifs is 1. The van der Waals surface area contributed by atoms with Gasteiger partial charge in [0.1, 0.15) is 5.58 Å². The molecule has 1 N–H and O–H groups in total. The number of rotatable bonds is 5. The monoisotopic (exact) mass is 424 g/mol. The van der Waals surface area contributed by atoms with E-state index >= 15 is 0 Å². The predicted octanol–water partition coefficient (Wildman–Crippen LogP) is 4.71. The van der Waals surface area contributed by atoms with Crippen molar-refractivity contribution in [1.29, 1.82) is 0 Å². The molecule has 5 nitrogen and oxygen atoms in total. The highest BCUT2D eigenvalue weighted by Gasteiger charge is 2.23. The van der Waals surface area contributed by atoms with Crippen LogP contribution >= 0.6 is 11.6 Å². The minimum absolute atomic E-state index is 0.0339. The number of hydrogen-bond donors (Lipinski definition) is 1. The number of likely N-dealkylation sites (tertiary alicyclic amines) is 1. The number of piperidine rings is 1. The number of carbonyl (C=O) groups excluding carboxylic acids is 1. The molecule has 1 saturated heterocycles. The van der Waals surface area contributed by atoms with Gasteiger partial charge in [0.25, 0.3) is 5.91 Å². The Labute approximate surface area is 180 Å². The molecule has 0 aliphatic carbocycles. The number of hydrogen-bond acceptors (Lipinski definition) is 4. The normalized spacial score (nSPS) is 15.8. The van der Waals surface area contributed by atoms with Crippen LogP contribution in [0.25, 0.3) is 11.0 Å². The van der Waals surface area contributed by atoms with Crippen LogP contribution in [0.2, 0.25) is 5.02 Å².